The van der Waals surface area contributed by atoms with Gasteiger partial charge in [0.25, 0.3) is 0 Å². The number of ether oxygens (including phenoxy) is 1. The Morgan fingerprint density at radius 3 is 2.91 bits per heavy atom. The van der Waals surface area contributed by atoms with Gasteiger partial charge in [-0.05, 0) is 24.1 Å². The topological polar surface area (TPSA) is 68.2 Å². The van der Waals surface area contributed by atoms with E-state index in [1.165, 1.54) is 12.1 Å². The minimum atomic E-state index is -0.275. The summed E-state index contributed by atoms with van der Waals surface area (Å²) >= 11 is 0. The molecular weight excluding hydrogens is 299 g/mol. The van der Waals surface area contributed by atoms with E-state index < -0.39 is 0 Å². The maximum absolute atomic E-state index is 13.0. The number of aryl methyl sites for hydroxylation is 1. The smallest absolute Gasteiger partial charge is 0.319 e. The molecule has 0 spiro atoms. The summed E-state index contributed by atoms with van der Waals surface area (Å²) in [6.07, 6.45) is 4.04. The van der Waals surface area contributed by atoms with Gasteiger partial charge >= 0.3 is 6.03 Å². The molecule has 122 valence electrons. The maximum Gasteiger partial charge on any atom is 0.319 e. The summed E-state index contributed by atoms with van der Waals surface area (Å²) in [5.74, 6) is -0.0996. The Kier molecular flexibility index (Phi) is 4.57. The minimum Gasteiger partial charge on any atom is -0.373 e. The Morgan fingerprint density at radius 2 is 2.22 bits per heavy atom. The Labute approximate surface area is 133 Å². The SMILES string of the molecule is Cn1cc(NC(=O)NC[C@@H]2CCO[C@H]2c2ccc(F)cc2)cn1. The van der Waals surface area contributed by atoms with E-state index in [2.05, 4.69) is 15.7 Å². The summed E-state index contributed by atoms with van der Waals surface area (Å²) in [5.41, 5.74) is 1.58. The lowest BCUT2D eigenvalue weighted by Crippen LogP contribution is -2.33. The molecule has 3 rings (SSSR count). The molecule has 1 aliphatic rings. The number of rotatable bonds is 4. The predicted octanol–water partition coefficient (Wildman–Crippen LogP) is 2.46. The van der Waals surface area contributed by atoms with Crippen LogP contribution in [0.15, 0.2) is 36.7 Å². The third-order valence-corrected chi connectivity index (χ3v) is 3.90. The van der Waals surface area contributed by atoms with Gasteiger partial charge in [0.05, 0.1) is 18.0 Å². The van der Waals surface area contributed by atoms with Crippen molar-refractivity contribution < 1.29 is 13.9 Å². The van der Waals surface area contributed by atoms with Crippen molar-refractivity contribution >= 4 is 11.7 Å². The van der Waals surface area contributed by atoms with Crippen LogP contribution < -0.4 is 10.6 Å². The molecular formula is C16H19FN4O2. The molecule has 1 aromatic heterocycles. The fourth-order valence-corrected chi connectivity index (χ4v) is 2.75. The van der Waals surface area contributed by atoms with Crippen molar-refractivity contribution in [3.8, 4) is 0 Å². The molecule has 2 amide bonds. The van der Waals surface area contributed by atoms with Crippen molar-refractivity contribution in [3.63, 3.8) is 0 Å². The van der Waals surface area contributed by atoms with Crippen molar-refractivity contribution in [3.05, 3.63) is 48.0 Å². The van der Waals surface area contributed by atoms with Crippen molar-refractivity contribution in [2.75, 3.05) is 18.5 Å². The second kappa shape index (κ2) is 6.78. The molecule has 1 aromatic carbocycles. The fourth-order valence-electron chi connectivity index (χ4n) is 2.75. The highest BCUT2D eigenvalue weighted by Gasteiger charge is 2.29. The van der Waals surface area contributed by atoms with Gasteiger partial charge in [-0.2, -0.15) is 5.10 Å². The van der Waals surface area contributed by atoms with E-state index in [-0.39, 0.29) is 23.9 Å². The monoisotopic (exact) mass is 318 g/mol. The second-order valence-corrected chi connectivity index (χ2v) is 5.63. The van der Waals surface area contributed by atoms with Crippen LogP contribution in [0.4, 0.5) is 14.9 Å². The van der Waals surface area contributed by atoms with Crippen LogP contribution in [-0.4, -0.2) is 29.0 Å². The fraction of sp³-hybridized carbons (Fsp3) is 0.375. The lowest BCUT2D eigenvalue weighted by Gasteiger charge is -2.19. The lowest BCUT2D eigenvalue weighted by atomic mass is 9.95. The lowest BCUT2D eigenvalue weighted by molar-refractivity contribution is 0.0911. The third kappa shape index (κ3) is 3.87. The van der Waals surface area contributed by atoms with Gasteiger partial charge in [-0.15, -0.1) is 0 Å². The zero-order chi connectivity index (χ0) is 16.2. The first-order chi connectivity index (χ1) is 11.1. The van der Waals surface area contributed by atoms with E-state index in [9.17, 15) is 9.18 Å². The summed E-state index contributed by atoms with van der Waals surface area (Å²) in [6, 6.07) is 6.04. The van der Waals surface area contributed by atoms with Crippen LogP contribution in [0, 0.1) is 11.7 Å². The molecule has 0 unspecified atom stereocenters. The summed E-state index contributed by atoms with van der Waals surface area (Å²) in [4.78, 5) is 11.9. The number of nitrogens with one attached hydrogen (secondary N) is 2. The third-order valence-electron chi connectivity index (χ3n) is 3.90. The Balaban J connectivity index is 1.54. The highest BCUT2D eigenvalue weighted by Crippen LogP contribution is 2.34. The first-order valence-corrected chi connectivity index (χ1v) is 7.52. The van der Waals surface area contributed by atoms with Crippen LogP contribution in [-0.2, 0) is 11.8 Å². The number of hydrogen-bond acceptors (Lipinski definition) is 3. The van der Waals surface area contributed by atoms with Gasteiger partial charge in [0.15, 0.2) is 0 Å². The van der Waals surface area contributed by atoms with Gasteiger partial charge in [0.2, 0.25) is 0 Å². The molecule has 0 saturated carbocycles. The van der Waals surface area contributed by atoms with Gasteiger partial charge in [0, 0.05) is 32.3 Å². The molecule has 0 aliphatic carbocycles. The van der Waals surface area contributed by atoms with E-state index in [0.717, 1.165) is 12.0 Å². The highest BCUT2D eigenvalue weighted by atomic mass is 19.1. The van der Waals surface area contributed by atoms with Gasteiger partial charge in [0.1, 0.15) is 5.82 Å². The molecule has 0 bridgehead atoms. The number of carbonyl (C=O) groups is 1. The average molecular weight is 318 g/mol. The second-order valence-electron chi connectivity index (χ2n) is 5.63. The molecule has 2 atom stereocenters. The Morgan fingerprint density at radius 1 is 1.43 bits per heavy atom. The number of amides is 2. The minimum absolute atomic E-state index is 0.116. The van der Waals surface area contributed by atoms with E-state index >= 15 is 0 Å². The number of anilines is 1. The molecule has 2 N–H and O–H groups in total. The molecule has 1 saturated heterocycles. The molecule has 7 heteroatoms. The van der Waals surface area contributed by atoms with Crippen LogP contribution in [0.5, 0.6) is 0 Å². The summed E-state index contributed by atoms with van der Waals surface area (Å²) in [7, 11) is 1.78. The van der Waals surface area contributed by atoms with E-state index in [1.807, 2.05) is 0 Å². The predicted molar refractivity (Wildman–Crippen MR) is 83.4 cm³/mol. The van der Waals surface area contributed by atoms with Crippen LogP contribution in [0.25, 0.3) is 0 Å². The molecule has 1 fully saturated rings. The van der Waals surface area contributed by atoms with Gasteiger partial charge < -0.3 is 15.4 Å². The number of urea groups is 1. The normalized spacial score (nSPS) is 20.4. The number of hydrogen-bond donors (Lipinski definition) is 2. The van der Waals surface area contributed by atoms with Gasteiger partial charge in [-0.1, -0.05) is 12.1 Å². The van der Waals surface area contributed by atoms with Crippen LogP contribution in [0.1, 0.15) is 18.1 Å². The average Bonchev–Trinajstić information content (AvgIpc) is 3.15. The zero-order valence-corrected chi connectivity index (χ0v) is 12.8. The number of halogens is 1. The maximum atomic E-state index is 13.0. The first-order valence-electron chi connectivity index (χ1n) is 7.52. The quantitative estimate of drug-likeness (QED) is 0.910. The Bertz CT molecular complexity index is 671. The van der Waals surface area contributed by atoms with E-state index in [0.29, 0.717) is 18.8 Å². The molecule has 6 nitrogen and oxygen atoms in total. The number of benzene rings is 1. The van der Waals surface area contributed by atoms with Gasteiger partial charge in [-0.25, -0.2) is 9.18 Å². The molecule has 1 aliphatic heterocycles. The van der Waals surface area contributed by atoms with Crippen LogP contribution in [0.2, 0.25) is 0 Å². The first kappa shape index (κ1) is 15.5. The van der Waals surface area contributed by atoms with E-state index in [1.54, 1.807) is 36.3 Å². The van der Waals surface area contributed by atoms with Crippen molar-refractivity contribution in [1.29, 1.82) is 0 Å². The molecule has 2 heterocycles. The Hall–Kier alpha value is -2.41. The van der Waals surface area contributed by atoms with Crippen LogP contribution >= 0.6 is 0 Å². The summed E-state index contributed by atoms with van der Waals surface area (Å²) in [6.45, 7) is 1.13. The van der Waals surface area contributed by atoms with Crippen molar-refractivity contribution in [2.45, 2.75) is 12.5 Å². The molecule has 0 radical (unpaired) electrons. The number of aromatic nitrogens is 2. The summed E-state index contributed by atoms with van der Waals surface area (Å²) in [5, 5.41) is 9.57. The zero-order valence-electron chi connectivity index (χ0n) is 12.8. The van der Waals surface area contributed by atoms with Crippen molar-refractivity contribution in [1.82, 2.24) is 15.1 Å². The molecule has 23 heavy (non-hydrogen) atoms. The van der Waals surface area contributed by atoms with Gasteiger partial charge in [-0.3, -0.25) is 4.68 Å². The number of nitrogens with zero attached hydrogens (tertiary/aromatic N) is 2. The largest absolute Gasteiger partial charge is 0.373 e. The molecule has 2 aromatic rings. The van der Waals surface area contributed by atoms with Crippen molar-refractivity contribution in [2.24, 2.45) is 13.0 Å². The standard InChI is InChI=1S/C16H19FN4O2/c1-21-10-14(9-19-21)20-16(22)18-8-12-6-7-23-15(12)11-2-4-13(17)5-3-11/h2-5,9-10,12,15H,6-8H2,1H3,(H2,18,20,22)/t12-,15-/m0/s1. The number of carbonyl (C=O) groups excluding carboxylic acids is 1. The highest BCUT2D eigenvalue weighted by molar-refractivity contribution is 5.88. The van der Waals surface area contributed by atoms with E-state index in [4.69, 9.17) is 4.74 Å². The van der Waals surface area contributed by atoms with Crippen LogP contribution in [0.3, 0.4) is 0 Å². The summed E-state index contributed by atoms with van der Waals surface area (Å²) < 4.78 is 20.4.